The van der Waals surface area contributed by atoms with E-state index < -0.39 is 4.92 Å². The minimum Gasteiger partial charge on any atom is -0.370 e. The maximum absolute atomic E-state index is 10.4. The first kappa shape index (κ1) is 11.1. The summed E-state index contributed by atoms with van der Waals surface area (Å²) in [4.78, 5) is 21.3. The molecule has 1 heterocycles. The molecule has 8 heteroatoms. The number of nitro groups is 1. The third kappa shape index (κ3) is 3.71. The molecule has 1 amide bonds. The van der Waals surface area contributed by atoms with Crippen molar-refractivity contribution in [2.75, 3.05) is 0 Å². The van der Waals surface area contributed by atoms with Gasteiger partial charge in [-0.25, -0.2) is 0 Å². The number of nitrogens with two attached hydrogens (primary N) is 1. The van der Waals surface area contributed by atoms with Crippen molar-refractivity contribution in [3.8, 4) is 0 Å². The van der Waals surface area contributed by atoms with E-state index in [4.69, 9.17) is 5.73 Å². The number of carbonyl (C=O) groups excluding carboxylic acids is 1. The van der Waals surface area contributed by atoms with Gasteiger partial charge in [0.2, 0.25) is 5.91 Å². The molecule has 8 nitrogen and oxygen atoms in total. The topological polar surface area (TPSA) is 117 Å². The summed E-state index contributed by atoms with van der Waals surface area (Å²) in [5.41, 5.74) is 4.95. The third-order valence-corrected chi connectivity index (χ3v) is 1.74. The van der Waals surface area contributed by atoms with Gasteiger partial charge in [-0.1, -0.05) is 4.80 Å². The van der Waals surface area contributed by atoms with Gasteiger partial charge in [0.25, 0.3) is 0 Å². The van der Waals surface area contributed by atoms with Crippen LogP contribution in [-0.2, 0) is 11.3 Å². The van der Waals surface area contributed by atoms with E-state index in [1.165, 1.54) is 4.80 Å². The molecule has 0 aromatic carbocycles. The van der Waals surface area contributed by atoms with E-state index in [0.29, 0.717) is 25.8 Å². The predicted molar refractivity (Wildman–Crippen MR) is 49.7 cm³/mol. The van der Waals surface area contributed by atoms with Crippen molar-refractivity contribution in [2.24, 2.45) is 5.73 Å². The molecular weight excluding hydrogens is 202 g/mol. The molecule has 82 valence electrons. The molecule has 0 aliphatic rings. The van der Waals surface area contributed by atoms with E-state index in [2.05, 4.69) is 10.2 Å². The first-order valence-corrected chi connectivity index (χ1v) is 4.42. The molecule has 1 rings (SSSR count). The smallest absolute Gasteiger partial charge is 0.370 e. The van der Waals surface area contributed by atoms with Crippen LogP contribution in [0.1, 0.15) is 19.3 Å². The van der Waals surface area contributed by atoms with Crippen molar-refractivity contribution in [3.05, 3.63) is 16.3 Å². The second kappa shape index (κ2) is 5.03. The van der Waals surface area contributed by atoms with Gasteiger partial charge in [-0.3, -0.25) is 4.79 Å². The lowest BCUT2D eigenvalue weighted by Crippen LogP contribution is -2.10. The van der Waals surface area contributed by atoms with E-state index in [1.54, 1.807) is 0 Å². The zero-order chi connectivity index (χ0) is 11.3. The van der Waals surface area contributed by atoms with E-state index in [1.807, 2.05) is 0 Å². The fraction of sp³-hybridized carbons (Fsp3) is 0.571. The average molecular weight is 213 g/mol. The molecule has 0 atom stereocenters. The number of amides is 1. The highest BCUT2D eigenvalue weighted by molar-refractivity contribution is 5.73. The van der Waals surface area contributed by atoms with Crippen molar-refractivity contribution < 1.29 is 9.72 Å². The minimum absolute atomic E-state index is 0.273. The Bertz CT molecular complexity index is 361. The van der Waals surface area contributed by atoms with Gasteiger partial charge < -0.3 is 15.8 Å². The van der Waals surface area contributed by atoms with E-state index >= 15 is 0 Å². The van der Waals surface area contributed by atoms with Gasteiger partial charge in [0.05, 0.1) is 11.6 Å². The molecule has 2 N–H and O–H groups in total. The molecule has 0 radical (unpaired) electrons. The van der Waals surface area contributed by atoms with Crippen LogP contribution in [0.4, 0.5) is 5.82 Å². The van der Waals surface area contributed by atoms with Crippen LogP contribution in [0.5, 0.6) is 0 Å². The van der Waals surface area contributed by atoms with Crippen LogP contribution < -0.4 is 5.73 Å². The standard InChI is InChI=1S/C7H11N5O3/c8-6(13)3-1-2-4-11-9-5-7(10-11)12(14)15/h5H,1-4H2,(H2,8,13). The van der Waals surface area contributed by atoms with Crippen LogP contribution in [0.3, 0.4) is 0 Å². The summed E-state index contributed by atoms with van der Waals surface area (Å²) in [6.45, 7) is 0.446. The molecule has 0 fully saturated rings. The first-order chi connectivity index (χ1) is 7.09. The quantitative estimate of drug-likeness (QED) is 0.400. The van der Waals surface area contributed by atoms with Crippen molar-refractivity contribution >= 4 is 11.7 Å². The molecule has 0 unspecified atom stereocenters. The normalized spacial score (nSPS) is 10.1. The number of primary amides is 1. The van der Waals surface area contributed by atoms with E-state index in [0.717, 1.165) is 6.20 Å². The highest BCUT2D eigenvalue weighted by atomic mass is 16.6. The Morgan fingerprint density at radius 1 is 1.60 bits per heavy atom. The van der Waals surface area contributed by atoms with Gasteiger partial charge in [0, 0.05) is 6.42 Å². The summed E-state index contributed by atoms with van der Waals surface area (Å²) in [7, 11) is 0. The van der Waals surface area contributed by atoms with Crippen LogP contribution in [0.2, 0.25) is 0 Å². The Morgan fingerprint density at radius 2 is 2.33 bits per heavy atom. The number of aromatic nitrogens is 3. The van der Waals surface area contributed by atoms with Crippen LogP contribution in [-0.4, -0.2) is 25.8 Å². The maximum Gasteiger partial charge on any atom is 0.410 e. The molecule has 0 saturated carbocycles. The van der Waals surface area contributed by atoms with Crippen molar-refractivity contribution in [2.45, 2.75) is 25.8 Å². The highest BCUT2D eigenvalue weighted by Gasteiger charge is 2.11. The molecule has 0 spiro atoms. The average Bonchev–Trinajstić information content (AvgIpc) is 2.60. The fourth-order valence-corrected chi connectivity index (χ4v) is 1.03. The first-order valence-electron chi connectivity index (χ1n) is 4.42. The second-order valence-corrected chi connectivity index (χ2v) is 2.98. The van der Waals surface area contributed by atoms with Gasteiger partial charge in [-0.15, -0.1) is 5.10 Å². The third-order valence-electron chi connectivity index (χ3n) is 1.74. The summed E-state index contributed by atoms with van der Waals surface area (Å²) in [5.74, 6) is -0.626. The van der Waals surface area contributed by atoms with Crippen LogP contribution >= 0.6 is 0 Å². The Hall–Kier alpha value is -1.99. The predicted octanol–water partition coefficient (Wildman–Crippen LogP) is -0.158. The van der Waals surface area contributed by atoms with Crippen LogP contribution in [0, 0.1) is 10.1 Å². The lowest BCUT2D eigenvalue weighted by molar-refractivity contribution is -0.389. The number of unbranched alkanes of at least 4 members (excludes halogenated alkanes) is 1. The molecule has 1 aromatic heterocycles. The zero-order valence-electron chi connectivity index (χ0n) is 8.00. The molecule has 0 aliphatic carbocycles. The summed E-state index contributed by atoms with van der Waals surface area (Å²) in [5, 5.41) is 17.6. The van der Waals surface area contributed by atoms with Crippen molar-refractivity contribution in [1.29, 1.82) is 0 Å². The molecule has 15 heavy (non-hydrogen) atoms. The van der Waals surface area contributed by atoms with Crippen molar-refractivity contribution in [3.63, 3.8) is 0 Å². The number of aryl methyl sites for hydroxylation is 1. The minimum atomic E-state index is -0.604. The van der Waals surface area contributed by atoms with Gasteiger partial charge in [0.1, 0.15) is 0 Å². The molecule has 0 bridgehead atoms. The summed E-state index contributed by atoms with van der Waals surface area (Å²) < 4.78 is 0. The number of nitrogens with zero attached hydrogens (tertiary/aromatic N) is 4. The number of hydrogen-bond acceptors (Lipinski definition) is 5. The molecular formula is C7H11N5O3. The molecule has 0 aliphatic heterocycles. The van der Waals surface area contributed by atoms with Crippen molar-refractivity contribution in [1.82, 2.24) is 15.0 Å². The summed E-state index contributed by atoms with van der Waals surface area (Å²) >= 11 is 0. The largest absolute Gasteiger partial charge is 0.410 e. The lowest BCUT2D eigenvalue weighted by Gasteiger charge is -1.94. The number of carbonyl (C=O) groups is 1. The number of rotatable bonds is 6. The van der Waals surface area contributed by atoms with E-state index in [-0.39, 0.29) is 11.7 Å². The lowest BCUT2D eigenvalue weighted by atomic mass is 10.2. The van der Waals surface area contributed by atoms with Crippen LogP contribution in [0.15, 0.2) is 6.20 Å². The Kier molecular flexibility index (Phi) is 3.72. The second-order valence-electron chi connectivity index (χ2n) is 2.98. The fourth-order valence-electron chi connectivity index (χ4n) is 1.03. The molecule has 1 aromatic rings. The van der Waals surface area contributed by atoms with E-state index in [9.17, 15) is 14.9 Å². The number of hydrogen-bond donors (Lipinski definition) is 1. The van der Waals surface area contributed by atoms with Gasteiger partial charge >= 0.3 is 5.82 Å². The maximum atomic E-state index is 10.4. The van der Waals surface area contributed by atoms with Gasteiger partial charge in [-0.05, 0) is 17.8 Å². The SMILES string of the molecule is NC(=O)CCCCn1ncc([N+](=O)[O-])n1. The summed E-state index contributed by atoms with van der Waals surface area (Å²) in [6.07, 6.45) is 2.69. The van der Waals surface area contributed by atoms with Gasteiger partial charge in [-0.2, -0.15) is 0 Å². The van der Waals surface area contributed by atoms with Crippen LogP contribution in [0.25, 0.3) is 0 Å². The monoisotopic (exact) mass is 213 g/mol. The van der Waals surface area contributed by atoms with Gasteiger partial charge in [0.15, 0.2) is 6.20 Å². The Labute approximate surface area is 85.2 Å². The summed E-state index contributed by atoms with van der Waals surface area (Å²) in [6, 6.07) is 0. The Balaban J connectivity index is 2.31. The molecule has 0 saturated heterocycles. The zero-order valence-corrected chi connectivity index (χ0v) is 8.00. The Morgan fingerprint density at radius 3 is 2.87 bits per heavy atom. The highest BCUT2D eigenvalue weighted by Crippen LogP contribution is 2.03.